The van der Waals surface area contributed by atoms with Crippen molar-refractivity contribution in [1.82, 2.24) is 5.43 Å². The van der Waals surface area contributed by atoms with Crippen molar-refractivity contribution in [1.29, 1.82) is 0 Å². The number of anilines is 1. The molecule has 0 aliphatic rings. The summed E-state index contributed by atoms with van der Waals surface area (Å²) >= 11 is 11.8. The summed E-state index contributed by atoms with van der Waals surface area (Å²) in [6.45, 7) is 0.186. The molecule has 6 nitrogen and oxygen atoms in total. The Morgan fingerprint density at radius 1 is 1.15 bits per heavy atom. The zero-order valence-corrected chi connectivity index (χ0v) is 15.6. The van der Waals surface area contributed by atoms with Crippen molar-refractivity contribution >= 4 is 46.9 Å². The summed E-state index contributed by atoms with van der Waals surface area (Å²) in [6, 6.07) is 11.8. The van der Waals surface area contributed by atoms with Crippen molar-refractivity contribution in [2.24, 2.45) is 5.10 Å². The maximum atomic E-state index is 11.9. The number of ether oxygens (including phenoxy) is 1. The first-order chi connectivity index (χ1) is 13.0. The summed E-state index contributed by atoms with van der Waals surface area (Å²) < 4.78 is 5.25. The molecule has 0 bridgehead atoms. The van der Waals surface area contributed by atoms with Crippen molar-refractivity contribution < 1.29 is 14.3 Å². The van der Waals surface area contributed by atoms with Gasteiger partial charge in [0.1, 0.15) is 18.8 Å². The maximum absolute atomic E-state index is 11.9. The fourth-order valence-electron chi connectivity index (χ4n) is 1.93. The zero-order valence-electron chi connectivity index (χ0n) is 14.0. The fraction of sp³-hybridized carbons (Fsp3) is 0.105. The Bertz CT molecular complexity index is 890. The van der Waals surface area contributed by atoms with Gasteiger partial charge in [-0.25, -0.2) is 5.43 Å². The number of halogens is 2. The second kappa shape index (κ2) is 10.2. The minimum atomic E-state index is -0.573. The lowest BCUT2D eigenvalue weighted by Gasteiger charge is -2.07. The SMILES string of the molecule is C#CCOc1ccc(C=NNC(=O)CC(=O)Nc2cccc(Cl)c2Cl)cc1. The van der Waals surface area contributed by atoms with E-state index in [0.717, 1.165) is 5.56 Å². The van der Waals surface area contributed by atoms with Crippen LogP contribution in [0, 0.1) is 12.3 Å². The number of rotatable bonds is 7. The molecule has 0 aliphatic carbocycles. The molecule has 8 heteroatoms. The zero-order chi connectivity index (χ0) is 19.6. The highest BCUT2D eigenvalue weighted by atomic mass is 35.5. The van der Waals surface area contributed by atoms with Crippen molar-refractivity contribution in [3.8, 4) is 18.1 Å². The van der Waals surface area contributed by atoms with E-state index in [1.807, 2.05) is 0 Å². The average molecular weight is 404 g/mol. The van der Waals surface area contributed by atoms with Gasteiger partial charge in [0.2, 0.25) is 11.8 Å². The molecular weight excluding hydrogens is 389 g/mol. The van der Waals surface area contributed by atoms with Gasteiger partial charge in [0.05, 0.1) is 21.9 Å². The van der Waals surface area contributed by atoms with Crippen LogP contribution in [0.1, 0.15) is 12.0 Å². The van der Waals surface area contributed by atoms with Crippen LogP contribution in [0.3, 0.4) is 0 Å². The van der Waals surface area contributed by atoms with Crippen LogP contribution in [0.15, 0.2) is 47.6 Å². The number of nitrogens with one attached hydrogen (secondary N) is 2. The first-order valence-electron chi connectivity index (χ1n) is 7.71. The summed E-state index contributed by atoms with van der Waals surface area (Å²) in [7, 11) is 0. The molecule has 0 heterocycles. The van der Waals surface area contributed by atoms with E-state index < -0.39 is 18.2 Å². The Balaban J connectivity index is 1.81. The van der Waals surface area contributed by atoms with Crippen molar-refractivity contribution in [3.05, 3.63) is 58.1 Å². The number of nitrogens with zero attached hydrogens (tertiary/aromatic N) is 1. The van der Waals surface area contributed by atoms with E-state index in [9.17, 15) is 9.59 Å². The van der Waals surface area contributed by atoms with Crippen LogP contribution in [0.2, 0.25) is 10.0 Å². The Kier molecular flexibility index (Phi) is 7.68. The number of carbonyl (C=O) groups excluding carboxylic acids is 2. The van der Waals surface area contributed by atoms with Crippen LogP contribution in [0.25, 0.3) is 0 Å². The molecular formula is C19H15Cl2N3O3. The standard InChI is InChI=1S/C19H15Cl2N3O3/c1-2-10-27-14-8-6-13(7-9-14)12-22-24-18(26)11-17(25)23-16-5-3-4-15(20)19(16)21/h1,3-9,12H,10-11H2,(H,23,25)(H,24,26). The predicted molar refractivity (Wildman–Crippen MR) is 106 cm³/mol. The number of hydrazone groups is 1. The first-order valence-corrected chi connectivity index (χ1v) is 8.47. The van der Waals surface area contributed by atoms with E-state index in [1.165, 1.54) is 6.21 Å². The number of hydrogen-bond donors (Lipinski definition) is 2. The van der Waals surface area contributed by atoms with Gasteiger partial charge in [0, 0.05) is 0 Å². The summed E-state index contributed by atoms with van der Waals surface area (Å²) in [5.41, 5.74) is 3.34. The molecule has 0 unspecified atom stereocenters. The molecule has 0 atom stereocenters. The molecule has 0 saturated carbocycles. The number of benzene rings is 2. The monoisotopic (exact) mass is 403 g/mol. The van der Waals surface area contributed by atoms with Gasteiger partial charge < -0.3 is 10.1 Å². The first kappa shape index (κ1) is 20.3. The van der Waals surface area contributed by atoms with Gasteiger partial charge >= 0.3 is 0 Å². The minimum absolute atomic E-state index is 0.186. The molecule has 0 radical (unpaired) electrons. The van der Waals surface area contributed by atoms with E-state index in [0.29, 0.717) is 16.5 Å². The molecule has 0 spiro atoms. The van der Waals surface area contributed by atoms with Gasteiger partial charge in [-0.2, -0.15) is 5.10 Å². The third-order valence-corrected chi connectivity index (χ3v) is 3.97. The Hall–Kier alpha value is -3.01. The van der Waals surface area contributed by atoms with Gasteiger partial charge in [-0.3, -0.25) is 9.59 Å². The molecule has 0 saturated heterocycles. The molecule has 0 aromatic heterocycles. The molecule has 2 amide bonds. The third-order valence-electron chi connectivity index (χ3n) is 3.15. The predicted octanol–water partition coefficient (Wildman–Crippen LogP) is 3.48. The summed E-state index contributed by atoms with van der Waals surface area (Å²) in [6.07, 6.45) is 6.14. The van der Waals surface area contributed by atoms with Crippen molar-refractivity contribution in [2.75, 3.05) is 11.9 Å². The molecule has 0 aliphatic heterocycles. The molecule has 2 N–H and O–H groups in total. The number of carbonyl (C=O) groups is 2. The van der Waals surface area contributed by atoms with Gasteiger partial charge in [0.25, 0.3) is 0 Å². The quantitative estimate of drug-likeness (QED) is 0.321. The van der Waals surface area contributed by atoms with E-state index >= 15 is 0 Å². The molecule has 138 valence electrons. The van der Waals surface area contributed by atoms with Crippen LogP contribution >= 0.6 is 23.2 Å². The van der Waals surface area contributed by atoms with Crippen LogP contribution < -0.4 is 15.5 Å². The maximum Gasteiger partial charge on any atom is 0.249 e. The summed E-state index contributed by atoms with van der Waals surface area (Å²) in [5, 5.41) is 6.83. The molecule has 2 aromatic rings. The second-order valence-electron chi connectivity index (χ2n) is 5.18. The Labute approximate surface area is 166 Å². The minimum Gasteiger partial charge on any atom is -0.481 e. The lowest BCUT2D eigenvalue weighted by Crippen LogP contribution is -2.24. The van der Waals surface area contributed by atoms with Crippen molar-refractivity contribution in [2.45, 2.75) is 6.42 Å². The van der Waals surface area contributed by atoms with Gasteiger partial charge in [-0.05, 0) is 42.0 Å². The van der Waals surface area contributed by atoms with Gasteiger partial charge in [-0.1, -0.05) is 35.2 Å². The lowest BCUT2D eigenvalue weighted by atomic mass is 10.2. The highest BCUT2D eigenvalue weighted by Crippen LogP contribution is 2.29. The van der Waals surface area contributed by atoms with E-state index in [1.54, 1.807) is 42.5 Å². The topological polar surface area (TPSA) is 79.8 Å². The van der Waals surface area contributed by atoms with Gasteiger partial charge in [-0.15, -0.1) is 6.42 Å². The lowest BCUT2D eigenvalue weighted by molar-refractivity contribution is -0.126. The second-order valence-corrected chi connectivity index (χ2v) is 5.97. The number of hydrogen-bond acceptors (Lipinski definition) is 4. The highest BCUT2D eigenvalue weighted by molar-refractivity contribution is 6.44. The average Bonchev–Trinajstić information content (AvgIpc) is 2.65. The summed E-state index contributed by atoms with van der Waals surface area (Å²) in [5.74, 6) is 1.89. The van der Waals surface area contributed by atoms with Crippen LogP contribution in [-0.4, -0.2) is 24.6 Å². The molecule has 2 aromatic carbocycles. The van der Waals surface area contributed by atoms with Crippen molar-refractivity contribution in [3.63, 3.8) is 0 Å². The van der Waals surface area contributed by atoms with Gasteiger partial charge in [0.15, 0.2) is 0 Å². The molecule has 27 heavy (non-hydrogen) atoms. The largest absolute Gasteiger partial charge is 0.481 e. The normalized spacial score (nSPS) is 10.3. The number of terminal acetylenes is 1. The highest BCUT2D eigenvalue weighted by Gasteiger charge is 2.12. The Morgan fingerprint density at radius 2 is 1.89 bits per heavy atom. The van der Waals surface area contributed by atoms with E-state index in [4.69, 9.17) is 34.4 Å². The van der Waals surface area contributed by atoms with Crippen LogP contribution in [0.4, 0.5) is 5.69 Å². The molecule has 2 rings (SSSR count). The third kappa shape index (κ3) is 6.66. The van der Waals surface area contributed by atoms with Crippen LogP contribution in [0.5, 0.6) is 5.75 Å². The Morgan fingerprint density at radius 3 is 2.59 bits per heavy atom. The number of amides is 2. The smallest absolute Gasteiger partial charge is 0.249 e. The van der Waals surface area contributed by atoms with Crippen LogP contribution in [-0.2, 0) is 9.59 Å². The fourth-order valence-corrected chi connectivity index (χ4v) is 2.28. The molecule has 0 fully saturated rings. The van der Waals surface area contributed by atoms with E-state index in [-0.39, 0.29) is 11.6 Å². The summed E-state index contributed by atoms with van der Waals surface area (Å²) in [4.78, 5) is 23.7. The van der Waals surface area contributed by atoms with E-state index in [2.05, 4.69) is 21.8 Å².